The largest absolute Gasteiger partial charge is 0.377 e. The van der Waals surface area contributed by atoms with Crippen LogP contribution in [0.4, 0.5) is 0 Å². The first kappa shape index (κ1) is 15.9. The summed E-state index contributed by atoms with van der Waals surface area (Å²) >= 11 is 0. The van der Waals surface area contributed by atoms with Crippen LogP contribution in [-0.2, 0) is 18.9 Å². The molecule has 0 aromatic heterocycles. The first-order valence-corrected chi connectivity index (χ1v) is 6.97. The van der Waals surface area contributed by atoms with Crippen molar-refractivity contribution in [1.29, 1.82) is 0 Å². The van der Waals surface area contributed by atoms with E-state index in [1.165, 1.54) is 0 Å². The van der Waals surface area contributed by atoms with Crippen LogP contribution in [0.5, 0.6) is 0 Å². The van der Waals surface area contributed by atoms with E-state index < -0.39 is 0 Å². The molecule has 108 valence electrons. The Kier molecular flexibility index (Phi) is 7.15. The fourth-order valence-electron chi connectivity index (χ4n) is 2.34. The molecule has 2 rings (SSSR count). The molecule has 0 spiro atoms. The van der Waals surface area contributed by atoms with Gasteiger partial charge in [0, 0.05) is 0 Å². The predicted molar refractivity (Wildman–Crippen MR) is 70.8 cm³/mol. The zero-order valence-electron chi connectivity index (χ0n) is 12.2. The first-order chi connectivity index (χ1) is 8.59. The van der Waals surface area contributed by atoms with Gasteiger partial charge in [-0.05, 0) is 11.8 Å². The van der Waals surface area contributed by atoms with Gasteiger partial charge in [0.05, 0.1) is 51.8 Å². The van der Waals surface area contributed by atoms with Gasteiger partial charge in [-0.3, -0.25) is 0 Å². The van der Waals surface area contributed by atoms with E-state index in [-0.39, 0.29) is 5.60 Å². The Balaban J connectivity index is 0.000000225. The van der Waals surface area contributed by atoms with Crippen LogP contribution in [0.1, 0.15) is 27.7 Å². The molecule has 0 saturated carbocycles. The molecule has 4 heteroatoms. The zero-order chi connectivity index (χ0) is 13.4. The summed E-state index contributed by atoms with van der Waals surface area (Å²) in [6.07, 6.45) is 0. The maximum atomic E-state index is 5.86. The molecule has 2 aliphatic heterocycles. The molecule has 2 saturated heterocycles. The Bertz CT molecular complexity index is 184. The average Bonchev–Trinajstić information content (AvgIpc) is 2.42. The smallest absolute Gasteiger partial charge is 0.0961 e. The third-order valence-electron chi connectivity index (χ3n) is 3.62. The van der Waals surface area contributed by atoms with E-state index >= 15 is 0 Å². The highest BCUT2D eigenvalue weighted by atomic mass is 16.6. The Labute approximate surface area is 111 Å². The quantitative estimate of drug-likeness (QED) is 0.762. The zero-order valence-corrected chi connectivity index (χ0v) is 12.2. The molecule has 0 N–H and O–H groups in total. The summed E-state index contributed by atoms with van der Waals surface area (Å²) in [5.74, 6) is 1.05. The second-order valence-corrected chi connectivity index (χ2v) is 5.39. The Morgan fingerprint density at radius 3 is 1.33 bits per heavy atom. The standard InChI is InChI=1S/C10H20O2.C4H8O2/c1-8(2)10(9(3)4)7-11-5-6-12-10;1-2-6-4-3-5-1/h8-9H,5-7H2,1-4H3;1-4H2. The van der Waals surface area contributed by atoms with Crippen LogP contribution in [0.2, 0.25) is 0 Å². The van der Waals surface area contributed by atoms with Crippen molar-refractivity contribution in [3.05, 3.63) is 0 Å². The molecule has 0 bridgehead atoms. The molecule has 18 heavy (non-hydrogen) atoms. The number of hydrogen-bond acceptors (Lipinski definition) is 4. The van der Waals surface area contributed by atoms with Crippen LogP contribution in [0.3, 0.4) is 0 Å². The molecule has 4 nitrogen and oxygen atoms in total. The summed E-state index contributed by atoms with van der Waals surface area (Å²) in [6.45, 7) is 14.2. The lowest BCUT2D eigenvalue weighted by atomic mass is 9.80. The van der Waals surface area contributed by atoms with E-state index in [4.69, 9.17) is 18.9 Å². The van der Waals surface area contributed by atoms with Crippen molar-refractivity contribution in [1.82, 2.24) is 0 Å². The molecule has 0 aromatic carbocycles. The van der Waals surface area contributed by atoms with E-state index in [2.05, 4.69) is 27.7 Å². The second-order valence-electron chi connectivity index (χ2n) is 5.39. The van der Waals surface area contributed by atoms with E-state index in [1.807, 2.05) is 0 Å². The van der Waals surface area contributed by atoms with Gasteiger partial charge in [-0.15, -0.1) is 0 Å². The van der Waals surface area contributed by atoms with E-state index in [9.17, 15) is 0 Å². The van der Waals surface area contributed by atoms with Gasteiger partial charge < -0.3 is 18.9 Å². The van der Waals surface area contributed by atoms with Crippen molar-refractivity contribution in [2.45, 2.75) is 33.3 Å². The number of ether oxygens (including phenoxy) is 4. The van der Waals surface area contributed by atoms with Gasteiger partial charge in [-0.25, -0.2) is 0 Å². The fourth-order valence-corrected chi connectivity index (χ4v) is 2.34. The van der Waals surface area contributed by atoms with Crippen LogP contribution in [0, 0.1) is 11.8 Å². The summed E-state index contributed by atoms with van der Waals surface area (Å²) in [5, 5.41) is 0. The van der Waals surface area contributed by atoms with Gasteiger partial charge in [0.15, 0.2) is 0 Å². The van der Waals surface area contributed by atoms with Crippen molar-refractivity contribution >= 4 is 0 Å². The predicted octanol–water partition coefficient (Wildman–Crippen LogP) is 2.12. The summed E-state index contributed by atoms with van der Waals surface area (Å²) in [4.78, 5) is 0. The summed E-state index contributed by atoms with van der Waals surface area (Å²) in [5.41, 5.74) is -0.0434. The van der Waals surface area contributed by atoms with E-state index in [0.29, 0.717) is 11.8 Å². The first-order valence-electron chi connectivity index (χ1n) is 6.97. The molecule has 2 fully saturated rings. The van der Waals surface area contributed by atoms with Gasteiger partial charge >= 0.3 is 0 Å². The lowest BCUT2D eigenvalue weighted by Crippen LogP contribution is -2.51. The summed E-state index contributed by atoms with van der Waals surface area (Å²) in [6, 6.07) is 0. The summed E-state index contributed by atoms with van der Waals surface area (Å²) in [7, 11) is 0. The van der Waals surface area contributed by atoms with Gasteiger partial charge in [0.25, 0.3) is 0 Å². The molecule has 2 heterocycles. The Hall–Kier alpha value is -0.160. The monoisotopic (exact) mass is 260 g/mol. The second kappa shape index (κ2) is 8.10. The summed E-state index contributed by atoms with van der Waals surface area (Å²) < 4.78 is 21.2. The third-order valence-corrected chi connectivity index (χ3v) is 3.62. The van der Waals surface area contributed by atoms with Crippen LogP contribution in [0.25, 0.3) is 0 Å². The maximum Gasteiger partial charge on any atom is 0.0961 e. The van der Waals surface area contributed by atoms with Gasteiger partial charge in [-0.2, -0.15) is 0 Å². The van der Waals surface area contributed by atoms with Crippen LogP contribution < -0.4 is 0 Å². The Morgan fingerprint density at radius 1 is 0.667 bits per heavy atom. The van der Waals surface area contributed by atoms with E-state index in [1.54, 1.807) is 0 Å². The minimum absolute atomic E-state index is 0.0434. The number of hydrogen-bond donors (Lipinski definition) is 0. The molecule has 0 unspecified atom stereocenters. The fraction of sp³-hybridized carbons (Fsp3) is 1.00. The van der Waals surface area contributed by atoms with Gasteiger partial charge in [0.2, 0.25) is 0 Å². The van der Waals surface area contributed by atoms with Crippen molar-refractivity contribution < 1.29 is 18.9 Å². The minimum atomic E-state index is -0.0434. The van der Waals surface area contributed by atoms with Crippen molar-refractivity contribution in [3.8, 4) is 0 Å². The SMILES string of the molecule is C1COCCO1.CC(C)C1(C(C)C)COCCO1. The van der Waals surface area contributed by atoms with Crippen molar-refractivity contribution in [2.75, 3.05) is 46.2 Å². The lowest BCUT2D eigenvalue weighted by Gasteiger charge is -2.43. The molecule has 0 atom stereocenters. The molecular weight excluding hydrogens is 232 g/mol. The molecule has 0 aliphatic carbocycles. The molecule has 0 radical (unpaired) electrons. The van der Waals surface area contributed by atoms with Crippen LogP contribution >= 0.6 is 0 Å². The van der Waals surface area contributed by atoms with Crippen molar-refractivity contribution in [3.63, 3.8) is 0 Å². The molecule has 2 aliphatic rings. The third kappa shape index (κ3) is 4.50. The highest BCUT2D eigenvalue weighted by molar-refractivity contribution is 4.88. The maximum absolute atomic E-state index is 5.86. The lowest BCUT2D eigenvalue weighted by molar-refractivity contribution is -0.199. The minimum Gasteiger partial charge on any atom is -0.377 e. The van der Waals surface area contributed by atoms with Gasteiger partial charge in [0.1, 0.15) is 0 Å². The van der Waals surface area contributed by atoms with Gasteiger partial charge in [-0.1, -0.05) is 27.7 Å². The van der Waals surface area contributed by atoms with Crippen molar-refractivity contribution in [2.24, 2.45) is 11.8 Å². The Morgan fingerprint density at radius 2 is 1.11 bits per heavy atom. The normalized spacial score (nSPS) is 23.7. The van der Waals surface area contributed by atoms with E-state index in [0.717, 1.165) is 46.2 Å². The highest BCUT2D eigenvalue weighted by Crippen LogP contribution is 2.32. The number of rotatable bonds is 2. The molecule has 0 amide bonds. The average molecular weight is 260 g/mol. The highest BCUT2D eigenvalue weighted by Gasteiger charge is 2.40. The van der Waals surface area contributed by atoms with Crippen LogP contribution in [-0.4, -0.2) is 51.8 Å². The van der Waals surface area contributed by atoms with Crippen LogP contribution in [0.15, 0.2) is 0 Å². The molecular formula is C14H28O4. The molecule has 0 aromatic rings. The topological polar surface area (TPSA) is 36.9 Å².